The van der Waals surface area contributed by atoms with E-state index in [1.54, 1.807) is 12.4 Å². The highest BCUT2D eigenvalue weighted by Gasteiger charge is 2.05. The molecule has 0 atom stereocenters. The lowest BCUT2D eigenvalue weighted by Crippen LogP contribution is -2.13. The Morgan fingerprint density at radius 3 is 2.56 bits per heavy atom. The number of hydrogen-bond donors (Lipinski definition) is 0. The molecule has 2 aromatic carbocycles. The van der Waals surface area contributed by atoms with E-state index in [0.29, 0.717) is 18.1 Å². The maximum Gasteiger partial charge on any atom is 0.224 e. The number of aliphatic imine (C=N–C) groups is 1. The van der Waals surface area contributed by atoms with Crippen LogP contribution in [0.3, 0.4) is 0 Å². The highest BCUT2D eigenvalue weighted by molar-refractivity contribution is 9.10. The standard InChI is InChI=1S/C20H17BrN2O2/c1-23-13-20(25-14-15-5-3-2-4-6-15)19(24)11-18(23)12-22-17-9-7-16(21)8-10-17/h2-13H,14H2,1H3. The van der Waals surface area contributed by atoms with Crippen LogP contribution in [0.2, 0.25) is 0 Å². The van der Waals surface area contributed by atoms with Gasteiger partial charge in [-0.05, 0) is 29.8 Å². The zero-order valence-electron chi connectivity index (χ0n) is 13.7. The molecule has 0 N–H and O–H groups in total. The van der Waals surface area contributed by atoms with E-state index in [4.69, 9.17) is 4.74 Å². The van der Waals surface area contributed by atoms with E-state index in [9.17, 15) is 4.79 Å². The number of pyridine rings is 1. The summed E-state index contributed by atoms with van der Waals surface area (Å²) in [6.07, 6.45) is 3.36. The van der Waals surface area contributed by atoms with Crippen LogP contribution < -0.4 is 10.2 Å². The summed E-state index contributed by atoms with van der Waals surface area (Å²) in [5.74, 6) is 0.326. The largest absolute Gasteiger partial charge is 0.483 e. The highest BCUT2D eigenvalue weighted by atomic mass is 79.9. The van der Waals surface area contributed by atoms with E-state index in [1.165, 1.54) is 6.07 Å². The summed E-state index contributed by atoms with van der Waals surface area (Å²) in [6, 6.07) is 18.9. The molecule has 0 fully saturated rings. The molecule has 5 heteroatoms. The molecular weight excluding hydrogens is 380 g/mol. The van der Waals surface area contributed by atoms with Crippen LogP contribution in [0.25, 0.3) is 0 Å². The van der Waals surface area contributed by atoms with E-state index in [2.05, 4.69) is 20.9 Å². The molecule has 0 amide bonds. The van der Waals surface area contributed by atoms with Crippen molar-refractivity contribution in [2.24, 2.45) is 12.0 Å². The molecule has 3 aromatic rings. The van der Waals surface area contributed by atoms with Gasteiger partial charge >= 0.3 is 0 Å². The Bertz CT molecular complexity index is 932. The number of aryl methyl sites for hydroxylation is 1. The molecule has 1 aromatic heterocycles. The van der Waals surface area contributed by atoms with Crippen molar-refractivity contribution in [3.05, 3.63) is 92.8 Å². The van der Waals surface area contributed by atoms with Crippen molar-refractivity contribution in [2.45, 2.75) is 6.61 Å². The van der Waals surface area contributed by atoms with E-state index >= 15 is 0 Å². The van der Waals surface area contributed by atoms with E-state index in [0.717, 1.165) is 15.7 Å². The van der Waals surface area contributed by atoms with Crippen molar-refractivity contribution in [3.63, 3.8) is 0 Å². The molecule has 126 valence electrons. The van der Waals surface area contributed by atoms with Crippen molar-refractivity contribution in [2.75, 3.05) is 0 Å². The van der Waals surface area contributed by atoms with Crippen molar-refractivity contribution < 1.29 is 4.74 Å². The van der Waals surface area contributed by atoms with Gasteiger partial charge in [-0.3, -0.25) is 9.79 Å². The first-order chi connectivity index (χ1) is 12.1. The average molecular weight is 397 g/mol. The van der Waals surface area contributed by atoms with Gasteiger partial charge in [0.1, 0.15) is 6.61 Å². The Kier molecular flexibility index (Phi) is 5.46. The SMILES string of the molecule is Cn1cc(OCc2ccccc2)c(=O)cc1C=Nc1ccc(Br)cc1. The molecule has 0 aliphatic rings. The molecule has 0 spiro atoms. The minimum Gasteiger partial charge on any atom is -0.483 e. The minimum atomic E-state index is -0.161. The first kappa shape index (κ1) is 17.2. The van der Waals surface area contributed by atoms with Crippen LogP contribution in [0.1, 0.15) is 11.3 Å². The number of aromatic nitrogens is 1. The molecule has 0 saturated heterocycles. The molecule has 0 aliphatic heterocycles. The van der Waals surface area contributed by atoms with Crippen LogP contribution in [-0.4, -0.2) is 10.8 Å². The zero-order valence-corrected chi connectivity index (χ0v) is 15.3. The fraction of sp³-hybridized carbons (Fsp3) is 0.100. The number of ether oxygens (including phenoxy) is 1. The van der Waals surface area contributed by atoms with Crippen LogP contribution in [-0.2, 0) is 13.7 Å². The van der Waals surface area contributed by atoms with Crippen molar-refractivity contribution >= 4 is 27.8 Å². The Morgan fingerprint density at radius 1 is 1.12 bits per heavy atom. The van der Waals surface area contributed by atoms with Crippen molar-refractivity contribution in [1.29, 1.82) is 0 Å². The van der Waals surface area contributed by atoms with Crippen LogP contribution >= 0.6 is 15.9 Å². The van der Waals surface area contributed by atoms with Crippen LogP contribution in [0.4, 0.5) is 5.69 Å². The first-order valence-corrected chi connectivity index (χ1v) is 8.58. The van der Waals surface area contributed by atoms with Gasteiger partial charge in [0.2, 0.25) is 5.43 Å². The third-order valence-electron chi connectivity index (χ3n) is 3.65. The second-order valence-corrected chi connectivity index (χ2v) is 6.46. The fourth-order valence-electron chi connectivity index (χ4n) is 2.26. The van der Waals surface area contributed by atoms with Crippen LogP contribution in [0, 0.1) is 0 Å². The highest BCUT2D eigenvalue weighted by Crippen LogP contribution is 2.16. The number of halogens is 1. The van der Waals surface area contributed by atoms with Gasteiger partial charge in [0.15, 0.2) is 5.75 Å². The summed E-state index contributed by atoms with van der Waals surface area (Å²) in [5, 5.41) is 0. The topological polar surface area (TPSA) is 43.6 Å². The lowest BCUT2D eigenvalue weighted by atomic mass is 10.2. The van der Waals surface area contributed by atoms with Gasteiger partial charge in [-0.2, -0.15) is 0 Å². The number of rotatable bonds is 5. The Morgan fingerprint density at radius 2 is 1.84 bits per heavy atom. The monoisotopic (exact) mass is 396 g/mol. The average Bonchev–Trinajstić information content (AvgIpc) is 2.63. The van der Waals surface area contributed by atoms with Gasteiger partial charge in [-0.25, -0.2) is 0 Å². The normalized spacial score (nSPS) is 11.0. The van der Waals surface area contributed by atoms with E-state index < -0.39 is 0 Å². The second-order valence-electron chi connectivity index (χ2n) is 5.55. The first-order valence-electron chi connectivity index (χ1n) is 7.79. The summed E-state index contributed by atoms with van der Waals surface area (Å²) in [7, 11) is 1.86. The fourth-order valence-corrected chi connectivity index (χ4v) is 2.53. The Balaban J connectivity index is 1.75. The summed E-state index contributed by atoms with van der Waals surface area (Å²) >= 11 is 3.39. The molecule has 4 nitrogen and oxygen atoms in total. The summed E-state index contributed by atoms with van der Waals surface area (Å²) in [6.45, 7) is 0.364. The minimum absolute atomic E-state index is 0.161. The summed E-state index contributed by atoms with van der Waals surface area (Å²) < 4.78 is 8.47. The third kappa shape index (κ3) is 4.67. The molecule has 0 unspecified atom stereocenters. The molecule has 1 heterocycles. The maximum atomic E-state index is 12.3. The molecule has 25 heavy (non-hydrogen) atoms. The lowest BCUT2D eigenvalue weighted by Gasteiger charge is -2.09. The molecule has 3 rings (SSSR count). The van der Waals surface area contributed by atoms with Gasteiger partial charge in [0.05, 0.1) is 23.8 Å². The molecule has 0 saturated carbocycles. The van der Waals surface area contributed by atoms with Gasteiger partial charge in [-0.1, -0.05) is 46.3 Å². The van der Waals surface area contributed by atoms with Gasteiger partial charge in [-0.15, -0.1) is 0 Å². The Hall–Kier alpha value is -2.66. The second kappa shape index (κ2) is 7.94. The summed E-state index contributed by atoms with van der Waals surface area (Å²) in [5.41, 5.74) is 2.39. The Labute approximate surface area is 154 Å². The summed E-state index contributed by atoms with van der Waals surface area (Å²) in [4.78, 5) is 16.7. The van der Waals surface area contributed by atoms with Crippen molar-refractivity contribution in [1.82, 2.24) is 4.57 Å². The molecule has 0 bridgehead atoms. The van der Waals surface area contributed by atoms with Crippen LogP contribution in [0.5, 0.6) is 5.75 Å². The van der Waals surface area contributed by atoms with E-state index in [-0.39, 0.29) is 5.43 Å². The van der Waals surface area contributed by atoms with Crippen LogP contribution in [0.15, 0.2) is 81.1 Å². The lowest BCUT2D eigenvalue weighted by molar-refractivity contribution is 0.300. The number of benzene rings is 2. The molecular formula is C20H17BrN2O2. The molecule has 0 aliphatic carbocycles. The number of hydrogen-bond acceptors (Lipinski definition) is 3. The van der Waals surface area contributed by atoms with Gasteiger partial charge < -0.3 is 9.30 Å². The quantitative estimate of drug-likeness (QED) is 0.596. The van der Waals surface area contributed by atoms with Gasteiger partial charge in [0, 0.05) is 17.6 Å². The maximum absolute atomic E-state index is 12.3. The predicted octanol–water partition coefficient (Wildman–Crippen LogP) is 4.48. The van der Waals surface area contributed by atoms with E-state index in [1.807, 2.05) is 66.2 Å². The number of nitrogens with zero attached hydrogens (tertiary/aromatic N) is 2. The van der Waals surface area contributed by atoms with Crippen molar-refractivity contribution in [3.8, 4) is 5.75 Å². The van der Waals surface area contributed by atoms with Gasteiger partial charge in [0.25, 0.3) is 0 Å². The predicted molar refractivity (Wildman–Crippen MR) is 104 cm³/mol. The third-order valence-corrected chi connectivity index (χ3v) is 4.18. The smallest absolute Gasteiger partial charge is 0.224 e. The molecule has 0 radical (unpaired) electrons. The zero-order chi connectivity index (χ0) is 17.6.